The van der Waals surface area contributed by atoms with Gasteiger partial charge in [0.2, 0.25) is 5.91 Å². The van der Waals surface area contributed by atoms with Crippen LogP contribution in [0.1, 0.15) is 30.8 Å². The van der Waals surface area contributed by atoms with Crippen LogP contribution in [0.2, 0.25) is 0 Å². The average molecular weight is 282 g/mol. The first-order valence-electron chi connectivity index (χ1n) is 6.99. The predicted octanol–water partition coefficient (Wildman–Crippen LogP) is 0.436. The molecule has 0 aromatic carbocycles. The standard InChI is InChI=1S/C14H26N4O2/c1-10(2)7-17(9-14(15)20)8-13-11(3)16-18(5-6-19)12(13)4/h10,19H,5-9H2,1-4H3,(H2,15,20). The van der Waals surface area contributed by atoms with Crippen LogP contribution in [0.4, 0.5) is 0 Å². The maximum absolute atomic E-state index is 11.2. The van der Waals surface area contributed by atoms with Crippen molar-refractivity contribution in [3.8, 4) is 0 Å². The molecular weight excluding hydrogens is 256 g/mol. The lowest BCUT2D eigenvalue weighted by Gasteiger charge is -2.23. The van der Waals surface area contributed by atoms with Gasteiger partial charge in [0.05, 0.1) is 25.4 Å². The van der Waals surface area contributed by atoms with Gasteiger partial charge < -0.3 is 10.8 Å². The van der Waals surface area contributed by atoms with Gasteiger partial charge in [-0.3, -0.25) is 14.4 Å². The zero-order valence-electron chi connectivity index (χ0n) is 12.9. The van der Waals surface area contributed by atoms with Crippen LogP contribution in [0, 0.1) is 19.8 Å². The third kappa shape index (κ3) is 4.61. The molecule has 0 fully saturated rings. The Kier molecular flexibility index (Phi) is 6.16. The summed E-state index contributed by atoms with van der Waals surface area (Å²) >= 11 is 0. The lowest BCUT2D eigenvalue weighted by molar-refractivity contribution is -0.119. The molecule has 0 aliphatic carbocycles. The molecule has 20 heavy (non-hydrogen) atoms. The lowest BCUT2D eigenvalue weighted by Crippen LogP contribution is -2.36. The summed E-state index contributed by atoms with van der Waals surface area (Å²) in [6.07, 6.45) is 0. The van der Waals surface area contributed by atoms with Crippen molar-refractivity contribution in [1.29, 1.82) is 0 Å². The number of nitrogens with zero attached hydrogens (tertiary/aromatic N) is 3. The van der Waals surface area contributed by atoms with E-state index in [0.29, 0.717) is 19.0 Å². The maximum Gasteiger partial charge on any atom is 0.231 e. The molecule has 1 aromatic heterocycles. The Morgan fingerprint density at radius 3 is 2.60 bits per heavy atom. The lowest BCUT2D eigenvalue weighted by atomic mass is 10.1. The molecule has 114 valence electrons. The van der Waals surface area contributed by atoms with E-state index >= 15 is 0 Å². The van der Waals surface area contributed by atoms with Gasteiger partial charge in [-0.1, -0.05) is 13.8 Å². The Labute approximate surface area is 120 Å². The van der Waals surface area contributed by atoms with Crippen LogP contribution in [-0.4, -0.2) is 45.4 Å². The summed E-state index contributed by atoms with van der Waals surface area (Å²) in [5.41, 5.74) is 8.40. The van der Waals surface area contributed by atoms with Gasteiger partial charge in [0, 0.05) is 24.3 Å². The van der Waals surface area contributed by atoms with Gasteiger partial charge in [0.1, 0.15) is 0 Å². The first kappa shape index (κ1) is 16.7. The SMILES string of the molecule is Cc1nn(CCO)c(C)c1CN(CC(N)=O)CC(C)C. The Bertz CT molecular complexity index is 454. The van der Waals surface area contributed by atoms with Crippen molar-refractivity contribution < 1.29 is 9.90 Å². The molecule has 0 saturated heterocycles. The first-order valence-corrected chi connectivity index (χ1v) is 6.99. The molecule has 3 N–H and O–H groups in total. The van der Waals surface area contributed by atoms with Gasteiger partial charge in [0.25, 0.3) is 0 Å². The highest BCUT2D eigenvalue weighted by Gasteiger charge is 2.17. The first-order chi connectivity index (χ1) is 9.35. The zero-order chi connectivity index (χ0) is 15.3. The number of aryl methyl sites for hydroxylation is 1. The highest BCUT2D eigenvalue weighted by atomic mass is 16.3. The molecule has 0 radical (unpaired) electrons. The zero-order valence-corrected chi connectivity index (χ0v) is 12.9. The molecule has 0 bridgehead atoms. The number of carbonyl (C=O) groups is 1. The van der Waals surface area contributed by atoms with Crippen LogP contribution in [0.25, 0.3) is 0 Å². The van der Waals surface area contributed by atoms with Gasteiger partial charge in [-0.05, 0) is 19.8 Å². The Morgan fingerprint density at radius 1 is 1.45 bits per heavy atom. The molecule has 6 nitrogen and oxygen atoms in total. The van der Waals surface area contributed by atoms with E-state index in [9.17, 15) is 4.79 Å². The second-order valence-corrected chi connectivity index (χ2v) is 5.63. The topological polar surface area (TPSA) is 84.4 Å². The molecule has 6 heteroatoms. The van der Waals surface area contributed by atoms with E-state index in [-0.39, 0.29) is 19.1 Å². The number of hydrogen-bond acceptors (Lipinski definition) is 4. The molecule has 0 spiro atoms. The summed E-state index contributed by atoms with van der Waals surface area (Å²) in [6, 6.07) is 0. The molecule has 0 saturated carbocycles. The minimum absolute atomic E-state index is 0.0679. The van der Waals surface area contributed by atoms with Crippen molar-refractivity contribution in [2.45, 2.75) is 40.8 Å². The van der Waals surface area contributed by atoms with Gasteiger partial charge in [-0.15, -0.1) is 0 Å². The number of hydrogen-bond donors (Lipinski definition) is 2. The van der Waals surface area contributed by atoms with E-state index < -0.39 is 0 Å². The Hall–Kier alpha value is -1.40. The van der Waals surface area contributed by atoms with E-state index in [0.717, 1.165) is 23.5 Å². The van der Waals surface area contributed by atoms with Crippen LogP contribution in [0.15, 0.2) is 0 Å². The maximum atomic E-state index is 11.2. The average Bonchev–Trinajstić information content (AvgIpc) is 2.56. The molecule has 1 heterocycles. The van der Waals surface area contributed by atoms with Gasteiger partial charge in [0.15, 0.2) is 0 Å². The Balaban J connectivity index is 2.89. The molecule has 1 amide bonds. The second kappa shape index (κ2) is 7.40. The minimum Gasteiger partial charge on any atom is -0.394 e. The summed E-state index contributed by atoms with van der Waals surface area (Å²) in [5, 5.41) is 13.5. The molecule has 0 aliphatic heterocycles. The fourth-order valence-corrected chi connectivity index (χ4v) is 2.42. The summed E-state index contributed by atoms with van der Waals surface area (Å²) in [4.78, 5) is 13.2. The third-order valence-electron chi connectivity index (χ3n) is 3.23. The van der Waals surface area contributed by atoms with Crippen molar-refractivity contribution in [1.82, 2.24) is 14.7 Å². The number of nitrogens with two attached hydrogens (primary N) is 1. The van der Waals surface area contributed by atoms with Crippen LogP contribution in [0.3, 0.4) is 0 Å². The van der Waals surface area contributed by atoms with Crippen LogP contribution in [0.5, 0.6) is 0 Å². The van der Waals surface area contributed by atoms with E-state index in [1.165, 1.54) is 0 Å². The van der Waals surface area contributed by atoms with Crippen molar-refractivity contribution in [3.63, 3.8) is 0 Å². The second-order valence-electron chi connectivity index (χ2n) is 5.63. The fraction of sp³-hybridized carbons (Fsp3) is 0.714. The number of aliphatic hydroxyl groups excluding tert-OH is 1. The highest BCUT2D eigenvalue weighted by molar-refractivity contribution is 5.75. The summed E-state index contributed by atoms with van der Waals surface area (Å²) in [6.45, 7) is 10.5. The smallest absolute Gasteiger partial charge is 0.231 e. The highest BCUT2D eigenvalue weighted by Crippen LogP contribution is 2.16. The predicted molar refractivity (Wildman–Crippen MR) is 78.1 cm³/mol. The van der Waals surface area contributed by atoms with E-state index in [4.69, 9.17) is 10.8 Å². The number of aliphatic hydroxyl groups is 1. The fourth-order valence-electron chi connectivity index (χ4n) is 2.42. The normalized spacial score (nSPS) is 11.6. The number of amides is 1. The Morgan fingerprint density at radius 2 is 2.10 bits per heavy atom. The van der Waals surface area contributed by atoms with Crippen molar-refractivity contribution in [2.75, 3.05) is 19.7 Å². The van der Waals surface area contributed by atoms with Gasteiger partial charge >= 0.3 is 0 Å². The molecule has 1 aromatic rings. The van der Waals surface area contributed by atoms with Crippen molar-refractivity contribution >= 4 is 5.91 Å². The van der Waals surface area contributed by atoms with Crippen LogP contribution >= 0.6 is 0 Å². The molecule has 0 aliphatic rings. The van der Waals surface area contributed by atoms with Gasteiger partial charge in [-0.25, -0.2) is 0 Å². The van der Waals surface area contributed by atoms with Crippen molar-refractivity contribution in [2.24, 2.45) is 11.7 Å². The molecule has 0 atom stereocenters. The van der Waals surface area contributed by atoms with Gasteiger partial charge in [-0.2, -0.15) is 5.10 Å². The number of primary amides is 1. The van der Waals surface area contributed by atoms with E-state index in [1.807, 2.05) is 23.4 Å². The molecule has 0 unspecified atom stereocenters. The molecule has 1 rings (SSSR count). The summed E-state index contributed by atoms with van der Waals surface area (Å²) in [7, 11) is 0. The van der Waals surface area contributed by atoms with Crippen molar-refractivity contribution in [3.05, 3.63) is 17.0 Å². The summed E-state index contributed by atoms with van der Waals surface area (Å²) < 4.78 is 1.81. The number of rotatable bonds is 8. The largest absolute Gasteiger partial charge is 0.394 e. The van der Waals surface area contributed by atoms with Crippen LogP contribution < -0.4 is 5.73 Å². The molecular formula is C14H26N4O2. The minimum atomic E-state index is -0.316. The number of carbonyl (C=O) groups excluding carboxylic acids is 1. The third-order valence-corrected chi connectivity index (χ3v) is 3.23. The van der Waals surface area contributed by atoms with E-state index in [1.54, 1.807) is 0 Å². The van der Waals surface area contributed by atoms with E-state index in [2.05, 4.69) is 18.9 Å². The van der Waals surface area contributed by atoms with Crippen LogP contribution in [-0.2, 0) is 17.9 Å². The monoisotopic (exact) mass is 282 g/mol. The quantitative estimate of drug-likeness (QED) is 0.724. The summed E-state index contributed by atoms with van der Waals surface area (Å²) in [5.74, 6) is 0.145. The number of aromatic nitrogens is 2.